The van der Waals surface area contributed by atoms with Crippen LogP contribution in [-0.4, -0.2) is 37.8 Å². The van der Waals surface area contributed by atoms with E-state index in [4.69, 9.17) is 4.74 Å². The lowest BCUT2D eigenvalue weighted by Gasteiger charge is -2.11. The summed E-state index contributed by atoms with van der Waals surface area (Å²) in [5.41, 5.74) is 0.744. The summed E-state index contributed by atoms with van der Waals surface area (Å²) in [4.78, 5) is 25.7. The monoisotopic (exact) mass is 440 g/mol. The average Bonchev–Trinajstić information content (AvgIpc) is 3.21. The van der Waals surface area contributed by atoms with Crippen molar-refractivity contribution in [3.63, 3.8) is 0 Å². The second kappa shape index (κ2) is 8.89. The quantitative estimate of drug-likeness (QED) is 0.305. The Morgan fingerprint density at radius 1 is 1.19 bits per heavy atom. The molecule has 0 saturated carbocycles. The number of hydrogen-bond donors (Lipinski definition) is 0. The number of carbonyl (C=O) groups is 1. The highest BCUT2D eigenvalue weighted by molar-refractivity contribution is 7.99. The van der Waals surface area contributed by atoms with Crippen molar-refractivity contribution in [1.29, 1.82) is 0 Å². The predicted octanol–water partition coefficient (Wildman–Crippen LogP) is 3.97. The average molecular weight is 441 g/mol. The smallest absolute Gasteiger partial charge is 0.262 e. The molecule has 0 saturated heterocycles. The third kappa shape index (κ3) is 3.93. The maximum Gasteiger partial charge on any atom is 0.262 e. The molecule has 0 aliphatic carbocycles. The number of benzene rings is 2. The van der Waals surface area contributed by atoms with E-state index in [1.807, 2.05) is 18.2 Å². The summed E-state index contributed by atoms with van der Waals surface area (Å²) in [6, 6.07) is 11.1. The summed E-state index contributed by atoms with van der Waals surface area (Å²) in [6.07, 6.45) is 1.77. The number of ketones is 1. The van der Waals surface area contributed by atoms with Gasteiger partial charge in [0.25, 0.3) is 5.56 Å². The van der Waals surface area contributed by atoms with Crippen LogP contribution in [0.1, 0.15) is 30.1 Å². The van der Waals surface area contributed by atoms with Crippen molar-refractivity contribution in [3.05, 3.63) is 64.2 Å². The molecule has 0 bridgehead atoms. The van der Waals surface area contributed by atoms with E-state index in [1.54, 1.807) is 15.0 Å². The van der Waals surface area contributed by atoms with Gasteiger partial charge in [-0.25, -0.2) is 4.39 Å². The number of rotatable bonds is 8. The highest BCUT2D eigenvalue weighted by atomic mass is 32.2. The van der Waals surface area contributed by atoms with Crippen molar-refractivity contribution in [1.82, 2.24) is 19.2 Å². The Labute approximate surface area is 181 Å². The number of aryl methyl sites for hydroxylation is 1. The number of Topliss-reactive ketones (excluding diaryl/α,β-unsaturated/α-hetero) is 1. The topological polar surface area (TPSA) is 78.5 Å². The van der Waals surface area contributed by atoms with Gasteiger partial charge in [0.1, 0.15) is 11.6 Å². The van der Waals surface area contributed by atoms with Gasteiger partial charge in [-0.05, 0) is 36.8 Å². The van der Waals surface area contributed by atoms with Gasteiger partial charge < -0.3 is 4.74 Å². The molecule has 0 unspecified atom stereocenters. The van der Waals surface area contributed by atoms with Crippen molar-refractivity contribution in [2.45, 2.75) is 31.5 Å². The van der Waals surface area contributed by atoms with Gasteiger partial charge in [0.05, 0.1) is 29.3 Å². The number of halogens is 1. The minimum absolute atomic E-state index is 0.0169. The van der Waals surface area contributed by atoms with E-state index in [0.717, 1.165) is 12.8 Å². The molecule has 7 nitrogen and oxygen atoms in total. The Bertz CT molecular complexity index is 1330. The zero-order chi connectivity index (χ0) is 22.0. The maximum atomic E-state index is 13.7. The lowest BCUT2D eigenvalue weighted by molar-refractivity contribution is 0.101. The molecule has 31 heavy (non-hydrogen) atoms. The SMILES string of the molecule is CCCCn1c(=O)c2ccccc2n2c(SCC(=O)c3cc(F)ccc3OC)nnc12. The third-order valence-corrected chi connectivity index (χ3v) is 5.94. The number of ether oxygens (including phenoxy) is 1. The van der Waals surface area contributed by atoms with Gasteiger partial charge in [-0.15, -0.1) is 10.2 Å². The second-order valence-corrected chi connectivity index (χ2v) is 7.94. The van der Waals surface area contributed by atoms with E-state index < -0.39 is 5.82 Å². The third-order valence-electron chi connectivity index (χ3n) is 5.01. The van der Waals surface area contributed by atoms with Gasteiger partial charge >= 0.3 is 0 Å². The molecule has 0 aliphatic rings. The molecule has 2 aromatic carbocycles. The minimum atomic E-state index is -0.506. The van der Waals surface area contributed by atoms with E-state index in [2.05, 4.69) is 17.1 Å². The first-order valence-corrected chi connectivity index (χ1v) is 10.9. The van der Waals surface area contributed by atoms with Crippen molar-refractivity contribution in [2.24, 2.45) is 0 Å². The van der Waals surface area contributed by atoms with Crippen LogP contribution in [0, 0.1) is 5.82 Å². The molecular formula is C22H21FN4O3S. The van der Waals surface area contributed by atoms with Gasteiger partial charge in [-0.2, -0.15) is 0 Å². The van der Waals surface area contributed by atoms with Crippen LogP contribution in [0.4, 0.5) is 4.39 Å². The fourth-order valence-electron chi connectivity index (χ4n) is 3.45. The standard InChI is InChI=1S/C22H21FN4O3S/c1-3-4-11-26-20(29)15-7-5-6-8-17(15)27-21(26)24-25-22(27)31-13-18(28)16-12-14(23)9-10-19(16)30-2/h5-10,12H,3-4,11,13H2,1-2H3. The van der Waals surface area contributed by atoms with Crippen LogP contribution in [0.3, 0.4) is 0 Å². The Kier molecular flexibility index (Phi) is 6.03. The highest BCUT2D eigenvalue weighted by Gasteiger charge is 2.19. The molecule has 9 heteroatoms. The van der Waals surface area contributed by atoms with E-state index in [0.29, 0.717) is 34.1 Å². The summed E-state index contributed by atoms with van der Waals surface area (Å²) in [7, 11) is 1.44. The second-order valence-electron chi connectivity index (χ2n) is 7.00. The van der Waals surface area contributed by atoms with Crippen LogP contribution in [0.15, 0.2) is 52.4 Å². The number of carbonyl (C=O) groups excluding carboxylic acids is 1. The van der Waals surface area contributed by atoms with E-state index >= 15 is 0 Å². The normalized spacial score (nSPS) is 11.3. The number of methoxy groups -OCH3 is 1. The van der Waals surface area contributed by atoms with Gasteiger partial charge in [0.2, 0.25) is 5.78 Å². The Hall–Kier alpha value is -3.20. The van der Waals surface area contributed by atoms with E-state index in [-0.39, 0.29) is 22.7 Å². The first-order valence-electron chi connectivity index (χ1n) is 9.91. The summed E-state index contributed by atoms with van der Waals surface area (Å²) in [6.45, 7) is 2.59. The van der Waals surface area contributed by atoms with Gasteiger partial charge in [-0.3, -0.25) is 18.6 Å². The lowest BCUT2D eigenvalue weighted by Crippen LogP contribution is -2.23. The summed E-state index contributed by atoms with van der Waals surface area (Å²) < 4.78 is 22.3. The van der Waals surface area contributed by atoms with Crippen LogP contribution in [-0.2, 0) is 6.54 Å². The summed E-state index contributed by atoms with van der Waals surface area (Å²) in [5, 5.41) is 9.53. The zero-order valence-electron chi connectivity index (χ0n) is 17.2. The van der Waals surface area contributed by atoms with Crippen molar-refractivity contribution in [3.8, 4) is 5.75 Å². The van der Waals surface area contributed by atoms with Gasteiger partial charge in [0, 0.05) is 6.54 Å². The van der Waals surface area contributed by atoms with Crippen LogP contribution >= 0.6 is 11.8 Å². The molecule has 2 aromatic heterocycles. The molecule has 160 valence electrons. The minimum Gasteiger partial charge on any atom is -0.496 e. The number of thioether (sulfide) groups is 1. The fourth-order valence-corrected chi connectivity index (χ4v) is 4.27. The van der Waals surface area contributed by atoms with Crippen molar-refractivity contribution >= 4 is 34.2 Å². The van der Waals surface area contributed by atoms with Gasteiger partial charge in [0.15, 0.2) is 10.9 Å². The molecule has 0 amide bonds. The predicted molar refractivity (Wildman–Crippen MR) is 118 cm³/mol. The van der Waals surface area contributed by atoms with E-state index in [9.17, 15) is 14.0 Å². The molecule has 0 fully saturated rings. The number of aromatic nitrogens is 4. The molecule has 2 heterocycles. The van der Waals surface area contributed by atoms with Crippen molar-refractivity contribution < 1.29 is 13.9 Å². The highest BCUT2D eigenvalue weighted by Crippen LogP contribution is 2.25. The molecular weight excluding hydrogens is 419 g/mol. The summed E-state index contributed by atoms with van der Waals surface area (Å²) in [5.74, 6) is -0.0228. The number of hydrogen-bond acceptors (Lipinski definition) is 6. The Morgan fingerprint density at radius 3 is 2.77 bits per heavy atom. The van der Waals surface area contributed by atoms with Crippen LogP contribution < -0.4 is 10.3 Å². The van der Waals surface area contributed by atoms with Crippen LogP contribution in [0.25, 0.3) is 16.7 Å². The number of fused-ring (bicyclic) bond motifs is 3. The van der Waals surface area contributed by atoms with Crippen LogP contribution in [0.2, 0.25) is 0 Å². The first-order chi connectivity index (χ1) is 15.0. The maximum absolute atomic E-state index is 13.7. The summed E-state index contributed by atoms with van der Waals surface area (Å²) >= 11 is 1.18. The van der Waals surface area contributed by atoms with Gasteiger partial charge in [-0.1, -0.05) is 37.2 Å². The number of unbranched alkanes of at least 4 members (excludes halogenated alkanes) is 1. The lowest BCUT2D eigenvalue weighted by atomic mass is 10.1. The zero-order valence-corrected chi connectivity index (χ0v) is 18.0. The van der Waals surface area contributed by atoms with E-state index in [1.165, 1.54) is 37.1 Å². The largest absolute Gasteiger partial charge is 0.496 e. The van der Waals surface area contributed by atoms with Crippen LogP contribution in [0.5, 0.6) is 5.75 Å². The molecule has 4 rings (SSSR count). The molecule has 0 N–H and O–H groups in total. The Balaban J connectivity index is 1.74. The number of nitrogens with zero attached hydrogens (tertiary/aromatic N) is 4. The molecule has 0 spiro atoms. The first kappa shape index (κ1) is 21.0. The molecule has 4 aromatic rings. The number of para-hydroxylation sites is 1. The molecule has 0 atom stereocenters. The molecule has 0 aliphatic heterocycles. The van der Waals surface area contributed by atoms with Crippen molar-refractivity contribution in [2.75, 3.05) is 12.9 Å². The fraction of sp³-hybridized carbons (Fsp3) is 0.273. The Morgan fingerprint density at radius 2 is 2.00 bits per heavy atom. The molecule has 0 radical (unpaired) electrons.